The number of para-hydroxylation sites is 1. The molecule has 0 aromatic heterocycles. The first-order valence-corrected chi connectivity index (χ1v) is 9.70. The Kier molecular flexibility index (Phi) is 7.37. The van der Waals surface area contributed by atoms with E-state index in [1.165, 1.54) is 0 Å². The molecule has 0 heterocycles. The van der Waals surface area contributed by atoms with Gasteiger partial charge in [0.15, 0.2) is 0 Å². The molecule has 31 heavy (non-hydrogen) atoms. The number of benzene rings is 3. The Morgan fingerprint density at radius 3 is 2.19 bits per heavy atom. The van der Waals surface area contributed by atoms with Crippen molar-refractivity contribution in [2.45, 2.75) is 13.1 Å². The second-order valence-electron chi connectivity index (χ2n) is 6.70. The number of rotatable bonds is 7. The molecule has 0 radical (unpaired) electrons. The van der Waals surface area contributed by atoms with E-state index in [-0.39, 0.29) is 30.2 Å². The Bertz CT molecular complexity index is 1070. The first kappa shape index (κ1) is 21.6. The number of methoxy groups -OCH3 is 1. The molecule has 158 valence electrons. The number of hydrogen-bond donors (Lipinski definition) is 3. The molecule has 3 aromatic carbocycles. The molecule has 0 bridgehead atoms. The average Bonchev–Trinajstić information content (AvgIpc) is 2.82. The Labute approximate surface area is 180 Å². The van der Waals surface area contributed by atoms with Crippen LogP contribution in [0.15, 0.2) is 78.9 Å². The molecule has 0 fully saturated rings. The monoisotopic (exact) mass is 417 g/mol. The first-order valence-electron chi connectivity index (χ1n) is 9.70. The van der Waals surface area contributed by atoms with Crippen molar-refractivity contribution in [3.05, 3.63) is 95.6 Å². The summed E-state index contributed by atoms with van der Waals surface area (Å²) in [7, 11) is 1.58. The third kappa shape index (κ3) is 6.17. The minimum atomic E-state index is -0.844. The van der Waals surface area contributed by atoms with Crippen LogP contribution in [0.4, 0.5) is 5.69 Å². The Balaban J connectivity index is 1.60. The fourth-order valence-corrected chi connectivity index (χ4v) is 2.89. The van der Waals surface area contributed by atoms with E-state index in [9.17, 15) is 14.4 Å². The molecule has 0 saturated carbocycles. The zero-order valence-corrected chi connectivity index (χ0v) is 17.1. The van der Waals surface area contributed by atoms with Crippen LogP contribution in [0, 0.1) is 0 Å². The smallest absolute Gasteiger partial charge is 0.313 e. The average molecular weight is 417 g/mol. The van der Waals surface area contributed by atoms with Crippen LogP contribution in [0.25, 0.3) is 0 Å². The second-order valence-corrected chi connectivity index (χ2v) is 6.70. The normalized spacial score (nSPS) is 10.1. The van der Waals surface area contributed by atoms with E-state index < -0.39 is 11.8 Å². The maximum absolute atomic E-state index is 12.7. The van der Waals surface area contributed by atoms with Gasteiger partial charge in [-0.2, -0.15) is 0 Å². The van der Waals surface area contributed by atoms with Crippen LogP contribution in [0.1, 0.15) is 21.5 Å². The molecule has 0 unspecified atom stereocenters. The van der Waals surface area contributed by atoms with Gasteiger partial charge in [-0.3, -0.25) is 14.4 Å². The fourth-order valence-electron chi connectivity index (χ4n) is 2.89. The first-order chi connectivity index (χ1) is 15.1. The molecule has 3 rings (SSSR count). The third-order valence-corrected chi connectivity index (χ3v) is 4.51. The molecule has 0 aliphatic heterocycles. The van der Waals surface area contributed by atoms with Gasteiger partial charge in [-0.1, -0.05) is 54.6 Å². The SMILES string of the molecule is COc1cccc(CNC(=O)c2ccccc2NC(=O)C(=O)NCc2ccccc2)c1. The van der Waals surface area contributed by atoms with Gasteiger partial charge in [0, 0.05) is 13.1 Å². The highest BCUT2D eigenvalue weighted by Gasteiger charge is 2.17. The van der Waals surface area contributed by atoms with Crippen LogP contribution in [0.3, 0.4) is 0 Å². The maximum Gasteiger partial charge on any atom is 0.313 e. The number of nitrogens with one attached hydrogen (secondary N) is 3. The van der Waals surface area contributed by atoms with Crippen LogP contribution >= 0.6 is 0 Å². The number of amides is 3. The minimum Gasteiger partial charge on any atom is -0.497 e. The van der Waals surface area contributed by atoms with E-state index in [2.05, 4.69) is 16.0 Å². The molecule has 0 saturated heterocycles. The molecule has 0 spiro atoms. The molecular weight excluding hydrogens is 394 g/mol. The van der Waals surface area contributed by atoms with Gasteiger partial charge >= 0.3 is 11.8 Å². The Morgan fingerprint density at radius 2 is 1.42 bits per heavy atom. The molecule has 3 N–H and O–H groups in total. The molecule has 3 amide bonds. The summed E-state index contributed by atoms with van der Waals surface area (Å²) in [6, 6.07) is 23.1. The van der Waals surface area contributed by atoms with Gasteiger partial charge in [-0.15, -0.1) is 0 Å². The molecule has 0 atom stereocenters. The van der Waals surface area contributed by atoms with Gasteiger partial charge in [-0.05, 0) is 35.4 Å². The lowest BCUT2D eigenvalue weighted by molar-refractivity contribution is -0.136. The van der Waals surface area contributed by atoms with Crippen molar-refractivity contribution < 1.29 is 19.1 Å². The minimum absolute atomic E-state index is 0.232. The largest absolute Gasteiger partial charge is 0.497 e. The summed E-state index contributed by atoms with van der Waals surface area (Å²) in [5, 5.41) is 7.88. The van der Waals surface area contributed by atoms with E-state index >= 15 is 0 Å². The van der Waals surface area contributed by atoms with E-state index in [1.54, 1.807) is 31.4 Å². The van der Waals surface area contributed by atoms with Crippen LogP contribution in [-0.2, 0) is 22.7 Å². The number of anilines is 1. The Hall–Kier alpha value is -4.13. The number of hydrogen-bond acceptors (Lipinski definition) is 4. The zero-order chi connectivity index (χ0) is 22.1. The van der Waals surface area contributed by atoms with Gasteiger partial charge in [-0.25, -0.2) is 0 Å². The topological polar surface area (TPSA) is 96.5 Å². The molecule has 7 nitrogen and oxygen atoms in total. The fraction of sp³-hybridized carbons (Fsp3) is 0.125. The Morgan fingerprint density at radius 1 is 0.742 bits per heavy atom. The number of carbonyl (C=O) groups is 3. The molecule has 0 aliphatic carbocycles. The molecule has 0 aliphatic rings. The van der Waals surface area contributed by atoms with E-state index in [4.69, 9.17) is 4.74 Å². The lowest BCUT2D eigenvalue weighted by Crippen LogP contribution is -2.35. The lowest BCUT2D eigenvalue weighted by atomic mass is 10.1. The van der Waals surface area contributed by atoms with Crippen molar-refractivity contribution in [2.24, 2.45) is 0 Å². The highest BCUT2D eigenvalue weighted by molar-refractivity contribution is 6.40. The quantitative estimate of drug-likeness (QED) is 0.515. The number of ether oxygens (including phenoxy) is 1. The highest BCUT2D eigenvalue weighted by atomic mass is 16.5. The number of carbonyl (C=O) groups excluding carboxylic acids is 3. The lowest BCUT2D eigenvalue weighted by Gasteiger charge is -2.12. The predicted molar refractivity (Wildman–Crippen MR) is 118 cm³/mol. The summed E-state index contributed by atoms with van der Waals surface area (Å²) < 4.78 is 5.18. The van der Waals surface area contributed by atoms with Gasteiger partial charge < -0.3 is 20.7 Å². The third-order valence-electron chi connectivity index (χ3n) is 4.51. The van der Waals surface area contributed by atoms with Crippen molar-refractivity contribution in [3.8, 4) is 5.75 Å². The van der Waals surface area contributed by atoms with Crippen molar-refractivity contribution in [1.82, 2.24) is 10.6 Å². The molecule has 3 aromatic rings. The standard InChI is InChI=1S/C24H23N3O4/c1-31-19-11-7-10-18(14-19)16-25-22(28)20-12-5-6-13-21(20)27-24(30)23(29)26-15-17-8-3-2-4-9-17/h2-14H,15-16H2,1H3,(H,25,28)(H,26,29)(H,27,30). The van der Waals surface area contributed by atoms with Crippen molar-refractivity contribution in [1.29, 1.82) is 0 Å². The summed E-state index contributed by atoms with van der Waals surface area (Å²) in [6.45, 7) is 0.519. The molecule has 7 heteroatoms. The van der Waals surface area contributed by atoms with Crippen LogP contribution in [0.5, 0.6) is 5.75 Å². The van der Waals surface area contributed by atoms with Crippen LogP contribution < -0.4 is 20.7 Å². The van der Waals surface area contributed by atoms with Gasteiger partial charge in [0.1, 0.15) is 5.75 Å². The van der Waals surface area contributed by atoms with Crippen LogP contribution in [-0.4, -0.2) is 24.8 Å². The van der Waals surface area contributed by atoms with E-state index in [0.29, 0.717) is 5.75 Å². The van der Waals surface area contributed by atoms with Crippen molar-refractivity contribution in [2.75, 3.05) is 12.4 Å². The summed E-state index contributed by atoms with van der Waals surface area (Å²) in [4.78, 5) is 37.1. The maximum atomic E-state index is 12.7. The van der Waals surface area contributed by atoms with Crippen LogP contribution in [0.2, 0.25) is 0 Å². The molecular formula is C24H23N3O4. The summed E-state index contributed by atoms with van der Waals surface area (Å²) in [5.74, 6) is -1.30. The van der Waals surface area contributed by atoms with Crippen molar-refractivity contribution >= 4 is 23.4 Å². The van der Waals surface area contributed by atoms with E-state index in [1.807, 2.05) is 54.6 Å². The van der Waals surface area contributed by atoms with Gasteiger partial charge in [0.25, 0.3) is 5.91 Å². The summed E-state index contributed by atoms with van der Waals surface area (Å²) >= 11 is 0. The summed E-state index contributed by atoms with van der Waals surface area (Å²) in [5.41, 5.74) is 2.26. The van der Waals surface area contributed by atoms with Gasteiger partial charge in [0.05, 0.1) is 18.4 Å². The van der Waals surface area contributed by atoms with E-state index in [0.717, 1.165) is 11.1 Å². The highest BCUT2D eigenvalue weighted by Crippen LogP contribution is 2.16. The predicted octanol–water partition coefficient (Wildman–Crippen LogP) is 2.88. The summed E-state index contributed by atoms with van der Waals surface area (Å²) in [6.07, 6.45) is 0. The van der Waals surface area contributed by atoms with Crippen molar-refractivity contribution in [3.63, 3.8) is 0 Å². The second kappa shape index (κ2) is 10.6. The van der Waals surface area contributed by atoms with Gasteiger partial charge in [0.2, 0.25) is 0 Å². The zero-order valence-electron chi connectivity index (χ0n) is 17.1.